The highest BCUT2D eigenvalue weighted by Gasteiger charge is 2.25. The van der Waals surface area contributed by atoms with Crippen molar-refractivity contribution < 1.29 is 22.7 Å². The standard InChI is InChI=1S/C28H29N5O5S/c1-16(2)37-24-12-9-20(15-30-24)22-11-10-21(27(34)33-39(35,36)25-8-6-7-23(29)32-25)28(31-22)38-26-18(4)13-17(3)14-19(26)5/h6-16H,1-5H3,(H2,29,32)(H,33,34). The molecule has 0 fully saturated rings. The zero-order chi connectivity index (χ0) is 28.3. The smallest absolute Gasteiger partial charge is 0.281 e. The fourth-order valence-electron chi connectivity index (χ4n) is 3.93. The zero-order valence-electron chi connectivity index (χ0n) is 22.2. The van der Waals surface area contributed by atoms with Crippen LogP contribution in [0.3, 0.4) is 0 Å². The van der Waals surface area contributed by atoms with Crippen LogP contribution in [0, 0.1) is 20.8 Å². The van der Waals surface area contributed by atoms with Crippen LogP contribution in [0.2, 0.25) is 0 Å². The fraction of sp³-hybridized carbons (Fsp3) is 0.214. The van der Waals surface area contributed by atoms with Crippen LogP contribution >= 0.6 is 0 Å². The molecule has 39 heavy (non-hydrogen) atoms. The van der Waals surface area contributed by atoms with Gasteiger partial charge in [-0.1, -0.05) is 23.8 Å². The van der Waals surface area contributed by atoms with Gasteiger partial charge < -0.3 is 15.2 Å². The van der Waals surface area contributed by atoms with Crippen molar-refractivity contribution in [2.45, 2.75) is 45.7 Å². The summed E-state index contributed by atoms with van der Waals surface area (Å²) in [6.45, 7) is 9.54. The number of carbonyl (C=O) groups excluding carboxylic acids is 1. The number of nitrogen functional groups attached to an aromatic ring is 1. The molecule has 0 bridgehead atoms. The molecule has 4 aromatic rings. The number of hydrogen-bond acceptors (Lipinski definition) is 9. The Hall–Kier alpha value is -4.51. The molecule has 0 saturated heterocycles. The van der Waals surface area contributed by atoms with E-state index in [0.717, 1.165) is 16.7 Å². The lowest BCUT2D eigenvalue weighted by Crippen LogP contribution is -2.31. The van der Waals surface area contributed by atoms with Gasteiger partial charge >= 0.3 is 0 Å². The minimum atomic E-state index is -4.32. The highest BCUT2D eigenvalue weighted by molar-refractivity contribution is 7.90. The summed E-state index contributed by atoms with van der Waals surface area (Å²) in [5.41, 5.74) is 9.36. The number of ether oxygens (including phenoxy) is 2. The number of rotatable bonds is 8. The molecule has 3 heterocycles. The first kappa shape index (κ1) is 27.5. The molecule has 1 amide bonds. The first-order chi connectivity index (χ1) is 18.4. The van der Waals surface area contributed by atoms with Gasteiger partial charge in [-0.2, -0.15) is 8.42 Å². The van der Waals surface area contributed by atoms with Crippen molar-refractivity contribution in [3.63, 3.8) is 0 Å². The number of amides is 1. The highest BCUT2D eigenvalue weighted by Crippen LogP contribution is 2.33. The maximum atomic E-state index is 13.3. The second kappa shape index (κ2) is 11.1. The second-order valence-corrected chi connectivity index (χ2v) is 10.9. The summed E-state index contributed by atoms with van der Waals surface area (Å²) < 4.78 is 39.5. The summed E-state index contributed by atoms with van der Waals surface area (Å²) in [5.74, 6) is -0.0251. The van der Waals surface area contributed by atoms with E-state index >= 15 is 0 Å². The van der Waals surface area contributed by atoms with Crippen LogP contribution in [0.1, 0.15) is 40.9 Å². The van der Waals surface area contributed by atoms with Crippen molar-refractivity contribution in [1.82, 2.24) is 19.7 Å². The van der Waals surface area contributed by atoms with E-state index in [1.54, 1.807) is 24.4 Å². The van der Waals surface area contributed by atoms with Crippen LogP contribution in [-0.4, -0.2) is 35.4 Å². The van der Waals surface area contributed by atoms with E-state index < -0.39 is 15.9 Å². The minimum Gasteiger partial charge on any atom is -0.475 e. The molecular weight excluding hydrogens is 518 g/mol. The Kier molecular flexibility index (Phi) is 7.82. The van der Waals surface area contributed by atoms with Crippen LogP contribution in [0.25, 0.3) is 11.3 Å². The van der Waals surface area contributed by atoms with Gasteiger partial charge in [0.15, 0.2) is 5.03 Å². The Balaban J connectivity index is 1.74. The molecule has 3 aromatic heterocycles. The number of nitrogens with two attached hydrogens (primary N) is 1. The van der Waals surface area contributed by atoms with Crippen LogP contribution in [-0.2, 0) is 10.0 Å². The predicted molar refractivity (Wildman–Crippen MR) is 147 cm³/mol. The molecule has 11 heteroatoms. The van der Waals surface area contributed by atoms with Crippen molar-refractivity contribution in [1.29, 1.82) is 0 Å². The van der Waals surface area contributed by atoms with E-state index in [2.05, 4.69) is 15.0 Å². The van der Waals surface area contributed by atoms with E-state index in [9.17, 15) is 13.2 Å². The van der Waals surface area contributed by atoms with Crippen molar-refractivity contribution in [2.24, 2.45) is 0 Å². The molecule has 0 aliphatic heterocycles. The number of benzene rings is 1. The van der Waals surface area contributed by atoms with E-state index in [-0.39, 0.29) is 28.4 Å². The first-order valence-corrected chi connectivity index (χ1v) is 13.6. The Labute approximate surface area is 227 Å². The fourth-order valence-corrected chi connectivity index (χ4v) is 4.87. The number of sulfonamides is 1. The summed E-state index contributed by atoms with van der Waals surface area (Å²) in [6, 6.07) is 14.5. The van der Waals surface area contributed by atoms with Gasteiger partial charge in [-0.05, 0) is 76.1 Å². The maximum Gasteiger partial charge on any atom is 0.281 e. The lowest BCUT2D eigenvalue weighted by molar-refractivity contribution is 0.0978. The van der Waals surface area contributed by atoms with Crippen molar-refractivity contribution in [2.75, 3.05) is 5.73 Å². The van der Waals surface area contributed by atoms with Gasteiger partial charge in [0, 0.05) is 17.8 Å². The summed E-state index contributed by atoms with van der Waals surface area (Å²) in [6.07, 6.45) is 1.57. The average molecular weight is 548 g/mol. The number of hydrogen-bond donors (Lipinski definition) is 2. The molecule has 202 valence electrons. The van der Waals surface area contributed by atoms with Crippen molar-refractivity contribution in [3.8, 4) is 28.8 Å². The molecule has 0 unspecified atom stereocenters. The Morgan fingerprint density at radius 3 is 2.31 bits per heavy atom. The van der Waals surface area contributed by atoms with Crippen LogP contribution in [0.4, 0.5) is 5.82 Å². The summed E-state index contributed by atoms with van der Waals surface area (Å²) in [5, 5.41) is -0.386. The number of carbonyl (C=O) groups is 1. The first-order valence-electron chi connectivity index (χ1n) is 12.1. The quantitative estimate of drug-likeness (QED) is 0.319. The third-order valence-electron chi connectivity index (χ3n) is 5.54. The average Bonchev–Trinajstić information content (AvgIpc) is 2.86. The molecule has 10 nitrogen and oxygen atoms in total. The van der Waals surface area contributed by atoms with Gasteiger partial charge in [-0.3, -0.25) is 4.79 Å². The number of nitrogens with one attached hydrogen (secondary N) is 1. The number of nitrogens with zero attached hydrogens (tertiary/aromatic N) is 3. The molecule has 1 aromatic carbocycles. The monoisotopic (exact) mass is 547 g/mol. The molecule has 0 spiro atoms. The maximum absolute atomic E-state index is 13.3. The number of aromatic nitrogens is 3. The molecule has 0 aliphatic rings. The van der Waals surface area contributed by atoms with E-state index in [0.29, 0.717) is 22.9 Å². The normalized spacial score (nSPS) is 11.3. The Bertz CT molecular complexity index is 1610. The second-order valence-electron chi connectivity index (χ2n) is 9.27. The topological polar surface area (TPSA) is 146 Å². The molecular formula is C28H29N5O5S. The summed E-state index contributed by atoms with van der Waals surface area (Å²) >= 11 is 0. The zero-order valence-corrected chi connectivity index (χ0v) is 23.0. The van der Waals surface area contributed by atoms with Gasteiger partial charge in [0.1, 0.15) is 17.1 Å². The van der Waals surface area contributed by atoms with Gasteiger partial charge in [0.05, 0.1) is 11.8 Å². The molecule has 0 atom stereocenters. The summed E-state index contributed by atoms with van der Waals surface area (Å²) in [7, 11) is -4.32. The minimum absolute atomic E-state index is 0.00381. The third kappa shape index (κ3) is 6.50. The van der Waals surface area contributed by atoms with Crippen LogP contribution in [0.15, 0.2) is 65.8 Å². The summed E-state index contributed by atoms with van der Waals surface area (Å²) in [4.78, 5) is 25.9. The number of pyridine rings is 3. The SMILES string of the molecule is Cc1cc(C)c(Oc2nc(-c3ccc(OC(C)C)nc3)ccc2C(=O)NS(=O)(=O)c2cccc(N)n2)c(C)c1. The Morgan fingerprint density at radius 1 is 0.974 bits per heavy atom. The van der Waals surface area contributed by atoms with E-state index in [1.807, 2.05) is 51.5 Å². The molecule has 0 radical (unpaired) electrons. The van der Waals surface area contributed by atoms with Crippen molar-refractivity contribution in [3.05, 3.63) is 83.0 Å². The number of anilines is 1. The molecule has 0 saturated carbocycles. The van der Waals surface area contributed by atoms with Crippen LogP contribution < -0.4 is 19.9 Å². The third-order valence-corrected chi connectivity index (χ3v) is 6.78. The number of aryl methyl sites for hydroxylation is 3. The van der Waals surface area contributed by atoms with Gasteiger partial charge in [-0.25, -0.2) is 19.7 Å². The molecule has 4 rings (SSSR count). The van der Waals surface area contributed by atoms with Crippen LogP contribution in [0.5, 0.6) is 17.5 Å². The van der Waals surface area contributed by atoms with E-state index in [1.165, 1.54) is 24.3 Å². The largest absolute Gasteiger partial charge is 0.475 e. The van der Waals surface area contributed by atoms with Crippen molar-refractivity contribution >= 4 is 21.7 Å². The highest BCUT2D eigenvalue weighted by atomic mass is 32.2. The van der Waals surface area contributed by atoms with Gasteiger partial charge in [0.2, 0.25) is 11.8 Å². The molecule has 3 N–H and O–H groups in total. The van der Waals surface area contributed by atoms with Gasteiger partial charge in [-0.15, -0.1) is 0 Å². The Morgan fingerprint density at radius 2 is 1.69 bits per heavy atom. The van der Waals surface area contributed by atoms with Gasteiger partial charge in [0.25, 0.3) is 15.9 Å². The predicted octanol–water partition coefficient (Wildman–Crippen LogP) is 4.74. The lowest BCUT2D eigenvalue weighted by atomic mass is 10.1. The molecule has 0 aliphatic carbocycles. The lowest BCUT2D eigenvalue weighted by Gasteiger charge is -2.16. The van der Waals surface area contributed by atoms with E-state index in [4.69, 9.17) is 15.2 Å².